The molecule has 0 aromatic rings. The van der Waals surface area contributed by atoms with Gasteiger partial charge in [0.1, 0.15) is 0 Å². The smallest absolute Gasteiger partial charge is 0.0697 e. The molecule has 0 aliphatic rings. The first-order valence-electron chi connectivity index (χ1n) is 3.14. The SMILES string of the molecule is C[C@H](O)CCOCCO. The van der Waals surface area contributed by atoms with Crippen LogP contribution >= 0.6 is 0 Å². The van der Waals surface area contributed by atoms with E-state index >= 15 is 0 Å². The summed E-state index contributed by atoms with van der Waals surface area (Å²) in [5.41, 5.74) is 0. The van der Waals surface area contributed by atoms with Crippen molar-refractivity contribution < 1.29 is 14.9 Å². The Bertz CT molecular complexity index is 54.3. The predicted molar refractivity (Wildman–Crippen MR) is 34.2 cm³/mol. The second-order valence-electron chi connectivity index (χ2n) is 1.97. The molecule has 0 spiro atoms. The molecule has 0 aromatic heterocycles. The van der Waals surface area contributed by atoms with Crippen LogP contribution in [0.2, 0.25) is 0 Å². The van der Waals surface area contributed by atoms with Crippen LogP contribution in [-0.4, -0.2) is 36.1 Å². The molecule has 0 aliphatic carbocycles. The summed E-state index contributed by atoms with van der Waals surface area (Å²) in [7, 11) is 0. The van der Waals surface area contributed by atoms with E-state index in [1.165, 1.54) is 0 Å². The molecule has 3 heteroatoms. The van der Waals surface area contributed by atoms with Gasteiger partial charge in [-0.1, -0.05) is 0 Å². The van der Waals surface area contributed by atoms with Crippen LogP contribution in [-0.2, 0) is 4.74 Å². The average molecular weight is 134 g/mol. The van der Waals surface area contributed by atoms with E-state index in [1.807, 2.05) is 0 Å². The molecule has 0 aliphatic heterocycles. The maximum atomic E-state index is 8.71. The Balaban J connectivity index is 2.75. The van der Waals surface area contributed by atoms with Gasteiger partial charge in [0.05, 0.1) is 19.3 Å². The van der Waals surface area contributed by atoms with Crippen LogP contribution in [0.15, 0.2) is 0 Å². The van der Waals surface area contributed by atoms with Crippen molar-refractivity contribution in [2.24, 2.45) is 0 Å². The number of aliphatic hydroxyl groups is 2. The summed E-state index contributed by atoms with van der Waals surface area (Å²) >= 11 is 0. The van der Waals surface area contributed by atoms with Crippen LogP contribution in [0.25, 0.3) is 0 Å². The predicted octanol–water partition coefficient (Wildman–Crippen LogP) is -0.234. The third kappa shape index (κ3) is 7.88. The van der Waals surface area contributed by atoms with Crippen LogP contribution in [0.5, 0.6) is 0 Å². The van der Waals surface area contributed by atoms with Gasteiger partial charge in [-0.3, -0.25) is 0 Å². The van der Waals surface area contributed by atoms with Crippen molar-refractivity contribution in [2.45, 2.75) is 19.4 Å². The third-order valence-electron chi connectivity index (χ3n) is 0.916. The lowest BCUT2D eigenvalue weighted by atomic mass is 10.3. The highest BCUT2D eigenvalue weighted by atomic mass is 16.5. The summed E-state index contributed by atoms with van der Waals surface area (Å²) in [6, 6.07) is 0. The van der Waals surface area contributed by atoms with Crippen molar-refractivity contribution in [3.05, 3.63) is 0 Å². The van der Waals surface area contributed by atoms with Gasteiger partial charge in [-0.2, -0.15) is 0 Å². The van der Waals surface area contributed by atoms with E-state index in [-0.39, 0.29) is 12.7 Å². The van der Waals surface area contributed by atoms with Crippen molar-refractivity contribution in [1.29, 1.82) is 0 Å². The molecular formula is C6H14O3. The molecule has 0 bridgehead atoms. The molecule has 0 saturated carbocycles. The fourth-order valence-electron chi connectivity index (χ4n) is 0.421. The topological polar surface area (TPSA) is 49.7 Å². The van der Waals surface area contributed by atoms with E-state index in [0.717, 1.165) is 0 Å². The van der Waals surface area contributed by atoms with Crippen LogP contribution in [0.3, 0.4) is 0 Å². The van der Waals surface area contributed by atoms with Gasteiger partial charge in [0.15, 0.2) is 0 Å². The van der Waals surface area contributed by atoms with E-state index < -0.39 is 0 Å². The maximum absolute atomic E-state index is 8.71. The van der Waals surface area contributed by atoms with Crippen LogP contribution in [0.1, 0.15) is 13.3 Å². The summed E-state index contributed by atoms with van der Waals surface area (Å²) < 4.78 is 4.88. The summed E-state index contributed by atoms with van der Waals surface area (Å²) in [6.45, 7) is 2.66. The molecule has 0 aromatic carbocycles. The minimum Gasteiger partial charge on any atom is -0.394 e. The number of hydrogen-bond acceptors (Lipinski definition) is 3. The molecule has 0 fully saturated rings. The Labute approximate surface area is 55.3 Å². The summed E-state index contributed by atoms with van der Waals surface area (Å²) in [5, 5.41) is 17.0. The van der Waals surface area contributed by atoms with Gasteiger partial charge in [-0.25, -0.2) is 0 Å². The average Bonchev–Trinajstić information content (AvgIpc) is 1.80. The standard InChI is InChI=1S/C6H14O3/c1-6(8)2-4-9-5-3-7/h6-8H,2-5H2,1H3/t6-/m0/s1. The highest BCUT2D eigenvalue weighted by molar-refractivity contribution is 4.43. The zero-order valence-electron chi connectivity index (χ0n) is 5.71. The van der Waals surface area contributed by atoms with Gasteiger partial charge >= 0.3 is 0 Å². The van der Waals surface area contributed by atoms with Gasteiger partial charge in [0.2, 0.25) is 0 Å². The number of hydrogen-bond donors (Lipinski definition) is 2. The monoisotopic (exact) mass is 134 g/mol. The molecule has 3 nitrogen and oxygen atoms in total. The minimum absolute atomic E-state index is 0.0554. The van der Waals surface area contributed by atoms with Crippen molar-refractivity contribution in [2.75, 3.05) is 19.8 Å². The molecule has 2 N–H and O–H groups in total. The van der Waals surface area contributed by atoms with E-state index in [9.17, 15) is 0 Å². The quantitative estimate of drug-likeness (QED) is 0.510. The summed E-state index contributed by atoms with van der Waals surface area (Å²) in [4.78, 5) is 0. The molecule has 0 rings (SSSR count). The zero-order valence-corrected chi connectivity index (χ0v) is 5.71. The highest BCUT2D eigenvalue weighted by Gasteiger charge is 1.93. The second kappa shape index (κ2) is 6.01. The Morgan fingerprint density at radius 3 is 2.56 bits per heavy atom. The van der Waals surface area contributed by atoms with Crippen molar-refractivity contribution >= 4 is 0 Å². The number of aliphatic hydroxyl groups excluding tert-OH is 2. The third-order valence-corrected chi connectivity index (χ3v) is 0.916. The molecule has 0 unspecified atom stereocenters. The first-order chi connectivity index (χ1) is 4.27. The van der Waals surface area contributed by atoms with Crippen LogP contribution < -0.4 is 0 Å². The maximum Gasteiger partial charge on any atom is 0.0697 e. The highest BCUT2D eigenvalue weighted by Crippen LogP contribution is 1.88. The Hall–Kier alpha value is -0.120. The summed E-state index contributed by atoms with van der Waals surface area (Å²) in [5.74, 6) is 0. The molecule has 0 amide bonds. The first-order valence-corrected chi connectivity index (χ1v) is 3.14. The van der Waals surface area contributed by atoms with Gasteiger partial charge in [-0.15, -0.1) is 0 Å². The molecule has 56 valence electrons. The van der Waals surface area contributed by atoms with Crippen LogP contribution in [0, 0.1) is 0 Å². The number of ether oxygens (including phenoxy) is 1. The van der Waals surface area contributed by atoms with Gasteiger partial charge < -0.3 is 14.9 Å². The zero-order chi connectivity index (χ0) is 7.11. The van der Waals surface area contributed by atoms with Gasteiger partial charge in [0.25, 0.3) is 0 Å². The second-order valence-corrected chi connectivity index (χ2v) is 1.97. The van der Waals surface area contributed by atoms with E-state index in [1.54, 1.807) is 6.92 Å². The molecule has 1 atom stereocenters. The Kier molecular flexibility index (Phi) is 5.93. The minimum atomic E-state index is -0.302. The number of rotatable bonds is 5. The normalized spacial score (nSPS) is 13.7. The Morgan fingerprint density at radius 2 is 2.11 bits per heavy atom. The largest absolute Gasteiger partial charge is 0.394 e. The van der Waals surface area contributed by atoms with Gasteiger partial charge in [-0.05, 0) is 13.3 Å². The van der Waals surface area contributed by atoms with E-state index in [4.69, 9.17) is 14.9 Å². The molecular weight excluding hydrogens is 120 g/mol. The lowest BCUT2D eigenvalue weighted by Crippen LogP contribution is -2.07. The lowest BCUT2D eigenvalue weighted by Gasteiger charge is -2.03. The molecule has 0 radical (unpaired) electrons. The molecule has 0 saturated heterocycles. The fraction of sp³-hybridized carbons (Fsp3) is 1.00. The van der Waals surface area contributed by atoms with E-state index in [2.05, 4.69) is 0 Å². The fourth-order valence-corrected chi connectivity index (χ4v) is 0.421. The summed E-state index contributed by atoms with van der Waals surface area (Å²) in [6.07, 6.45) is 0.337. The van der Waals surface area contributed by atoms with E-state index in [0.29, 0.717) is 19.6 Å². The first kappa shape index (κ1) is 8.88. The molecule has 0 heterocycles. The van der Waals surface area contributed by atoms with Crippen molar-refractivity contribution in [3.63, 3.8) is 0 Å². The Morgan fingerprint density at radius 1 is 1.44 bits per heavy atom. The van der Waals surface area contributed by atoms with Crippen molar-refractivity contribution in [3.8, 4) is 0 Å². The lowest BCUT2D eigenvalue weighted by molar-refractivity contribution is 0.0653. The van der Waals surface area contributed by atoms with Gasteiger partial charge in [0, 0.05) is 6.61 Å². The van der Waals surface area contributed by atoms with Crippen molar-refractivity contribution in [1.82, 2.24) is 0 Å². The molecule has 9 heavy (non-hydrogen) atoms. The van der Waals surface area contributed by atoms with Crippen LogP contribution in [0.4, 0.5) is 0 Å².